The highest BCUT2D eigenvalue weighted by Crippen LogP contribution is 2.34. The molecule has 0 aliphatic heterocycles. The molecule has 0 radical (unpaired) electrons. The van der Waals surface area contributed by atoms with Crippen molar-refractivity contribution in [3.05, 3.63) is 59.4 Å². The molecule has 11 heteroatoms. The number of benzene rings is 2. The number of thiol groups is 1. The number of amides is 1. The van der Waals surface area contributed by atoms with Gasteiger partial charge in [0, 0.05) is 11.4 Å². The number of para-hydroxylation sites is 1. The second kappa shape index (κ2) is 9.16. The van der Waals surface area contributed by atoms with Crippen LogP contribution in [-0.4, -0.2) is 44.1 Å². The Bertz CT molecular complexity index is 1140. The topological polar surface area (TPSA) is 130 Å². The Kier molecular flexibility index (Phi) is 6.60. The third kappa shape index (κ3) is 5.50. The van der Waals surface area contributed by atoms with E-state index in [9.17, 15) is 9.35 Å². The second-order valence-corrected chi connectivity index (χ2v) is 9.51. The average Bonchev–Trinajstić information content (AvgIpc) is 2.67. The maximum Gasteiger partial charge on any atom is 0.437 e. The number of anilines is 2. The molecular formula is C19H20ClN5O4S. The first-order valence-electron chi connectivity index (χ1n) is 8.70. The van der Waals surface area contributed by atoms with Gasteiger partial charge >= 0.3 is 6.09 Å². The lowest BCUT2D eigenvalue weighted by Gasteiger charge is -2.17. The third-order valence-corrected chi connectivity index (χ3v) is 5.81. The molecule has 0 spiro atoms. The summed E-state index contributed by atoms with van der Waals surface area (Å²) < 4.78 is 19.0. The molecule has 0 bridgehead atoms. The molecule has 0 aliphatic rings. The van der Waals surface area contributed by atoms with Crippen LogP contribution in [0.4, 0.5) is 16.4 Å². The van der Waals surface area contributed by atoms with Crippen molar-refractivity contribution < 1.29 is 19.2 Å². The Labute approximate surface area is 179 Å². The number of nitrogens with zero attached hydrogens (tertiary/aromatic N) is 4. The largest absolute Gasteiger partial charge is 0.494 e. The summed E-state index contributed by atoms with van der Waals surface area (Å²) >= 11 is 6.18. The van der Waals surface area contributed by atoms with E-state index in [0.29, 0.717) is 33.8 Å². The first kappa shape index (κ1) is 21.6. The van der Waals surface area contributed by atoms with Crippen LogP contribution < -0.4 is 10.1 Å². The van der Waals surface area contributed by atoms with E-state index in [2.05, 4.69) is 24.6 Å². The minimum Gasteiger partial charge on any atom is -0.494 e. The lowest BCUT2D eigenvalue weighted by Crippen LogP contribution is -2.13. The van der Waals surface area contributed by atoms with E-state index in [-0.39, 0.29) is 5.75 Å². The minimum absolute atomic E-state index is 0.136. The number of hydrogen-bond acceptors (Lipinski definition) is 6. The quantitative estimate of drug-likeness (QED) is 0.410. The van der Waals surface area contributed by atoms with Crippen molar-refractivity contribution in [1.82, 2.24) is 15.0 Å². The van der Waals surface area contributed by atoms with Gasteiger partial charge in [0.2, 0.25) is 5.95 Å². The summed E-state index contributed by atoms with van der Waals surface area (Å²) in [6, 6.07) is 12.4. The number of carbonyl (C=O) groups is 1. The number of nitrogens with one attached hydrogen (secondary N) is 1. The number of aromatic nitrogens is 3. The predicted molar refractivity (Wildman–Crippen MR) is 118 cm³/mol. The summed E-state index contributed by atoms with van der Waals surface area (Å²) in [5.41, 5.74) is 2.02. The third-order valence-electron chi connectivity index (χ3n) is 3.95. The summed E-state index contributed by atoms with van der Waals surface area (Å²) in [6.45, 7) is 0. The van der Waals surface area contributed by atoms with Crippen LogP contribution in [0.2, 0.25) is 5.02 Å². The standard InChI is InChI=1S/C19H20ClN5O4S/c1-29-16-14(7-4-8-15(16)20)17-21-11-22-18(24-17)23-13-6-3-5-12(9-13)10-30(2,28)25-19(26)27/h3-9,11,30H,10H2,1-2H3,(H,25,28)(H,26,27)(H,21,22,23,24). The molecule has 0 fully saturated rings. The number of hydrogen-bond donors (Lipinski definition) is 4. The molecule has 3 aromatic rings. The number of ether oxygens (including phenoxy) is 1. The van der Waals surface area contributed by atoms with E-state index in [0.717, 1.165) is 5.56 Å². The molecule has 158 valence electrons. The van der Waals surface area contributed by atoms with E-state index < -0.39 is 16.2 Å². The minimum atomic E-state index is -2.95. The normalized spacial score (nSPS) is 11.6. The van der Waals surface area contributed by atoms with Gasteiger partial charge in [-0.1, -0.05) is 39.9 Å². The molecule has 0 atom stereocenters. The predicted octanol–water partition coefficient (Wildman–Crippen LogP) is 4.29. The fourth-order valence-electron chi connectivity index (χ4n) is 2.82. The van der Waals surface area contributed by atoms with E-state index in [4.69, 9.17) is 21.4 Å². The van der Waals surface area contributed by atoms with Crippen molar-refractivity contribution in [2.45, 2.75) is 5.75 Å². The lowest BCUT2D eigenvalue weighted by atomic mass is 10.2. The molecule has 2 aromatic carbocycles. The average molecular weight is 450 g/mol. The maximum absolute atomic E-state index is 10.8. The van der Waals surface area contributed by atoms with Gasteiger partial charge in [0.25, 0.3) is 0 Å². The Morgan fingerprint density at radius 3 is 2.77 bits per heavy atom. The van der Waals surface area contributed by atoms with Crippen molar-refractivity contribution in [2.24, 2.45) is 4.36 Å². The van der Waals surface area contributed by atoms with Crippen LogP contribution in [0.3, 0.4) is 0 Å². The molecule has 9 nitrogen and oxygen atoms in total. The Hall–Kier alpha value is -3.08. The molecule has 3 N–H and O–H groups in total. The van der Waals surface area contributed by atoms with Crippen molar-refractivity contribution in [3.63, 3.8) is 0 Å². The molecule has 0 aliphatic carbocycles. The van der Waals surface area contributed by atoms with Crippen molar-refractivity contribution in [3.8, 4) is 17.1 Å². The van der Waals surface area contributed by atoms with Gasteiger partial charge in [-0.2, -0.15) is 9.35 Å². The van der Waals surface area contributed by atoms with Crippen LogP contribution in [0.15, 0.2) is 53.2 Å². The highest BCUT2D eigenvalue weighted by atomic mass is 35.5. The van der Waals surface area contributed by atoms with Crippen molar-refractivity contribution >= 4 is 39.4 Å². The number of carboxylic acid groups (broad SMARTS) is 1. The monoisotopic (exact) mass is 449 g/mol. The van der Waals surface area contributed by atoms with Crippen LogP contribution in [-0.2, 0) is 15.9 Å². The van der Waals surface area contributed by atoms with Gasteiger partial charge < -0.3 is 19.7 Å². The maximum atomic E-state index is 10.8. The number of rotatable bonds is 6. The van der Waals surface area contributed by atoms with E-state index in [1.165, 1.54) is 19.7 Å². The van der Waals surface area contributed by atoms with Gasteiger partial charge in [-0.25, -0.2) is 14.8 Å². The summed E-state index contributed by atoms with van der Waals surface area (Å²) in [4.78, 5) is 23.5. The zero-order valence-electron chi connectivity index (χ0n) is 16.2. The Morgan fingerprint density at radius 2 is 2.03 bits per heavy atom. The van der Waals surface area contributed by atoms with Gasteiger partial charge in [-0.3, -0.25) is 0 Å². The highest BCUT2D eigenvalue weighted by Gasteiger charge is 2.13. The van der Waals surface area contributed by atoms with Crippen LogP contribution >= 0.6 is 11.6 Å². The van der Waals surface area contributed by atoms with Crippen molar-refractivity contribution in [2.75, 3.05) is 18.7 Å². The zero-order valence-corrected chi connectivity index (χ0v) is 17.8. The zero-order chi connectivity index (χ0) is 21.7. The smallest absolute Gasteiger partial charge is 0.437 e. The molecule has 1 amide bonds. The van der Waals surface area contributed by atoms with Gasteiger partial charge in [-0.05, 0) is 36.1 Å². The fraction of sp³-hybridized carbons (Fsp3) is 0.158. The summed E-state index contributed by atoms with van der Waals surface area (Å²) in [5.74, 6) is 1.29. The van der Waals surface area contributed by atoms with Gasteiger partial charge in [0.05, 0.1) is 17.7 Å². The molecule has 0 saturated heterocycles. The summed E-state index contributed by atoms with van der Waals surface area (Å²) in [7, 11) is -1.44. The van der Waals surface area contributed by atoms with E-state index in [1.807, 2.05) is 0 Å². The van der Waals surface area contributed by atoms with Crippen molar-refractivity contribution in [1.29, 1.82) is 0 Å². The molecular weight excluding hydrogens is 430 g/mol. The van der Waals surface area contributed by atoms with E-state index in [1.54, 1.807) is 42.5 Å². The SMILES string of the molecule is COc1c(Cl)cccc1-c1ncnc(Nc2cccc(C[SH](C)(O)=NC(=O)O)c2)n1. The lowest BCUT2D eigenvalue weighted by molar-refractivity contribution is 0.206. The first-order chi connectivity index (χ1) is 14.3. The molecule has 0 saturated carbocycles. The molecule has 1 aromatic heterocycles. The molecule has 3 rings (SSSR count). The first-order valence-corrected chi connectivity index (χ1v) is 11.4. The highest BCUT2D eigenvalue weighted by molar-refractivity contribution is 7.98. The molecule has 1 heterocycles. The second-order valence-electron chi connectivity index (χ2n) is 6.41. The van der Waals surface area contributed by atoms with Crippen LogP contribution in [0, 0.1) is 0 Å². The summed E-state index contributed by atoms with van der Waals surface area (Å²) in [5, 5.41) is 12.3. The van der Waals surface area contributed by atoms with Crippen LogP contribution in [0.1, 0.15) is 5.56 Å². The van der Waals surface area contributed by atoms with Gasteiger partial charge in [0.1, 0.15) is 12.1 Å². The van der Waals surface area contributed by atoms with Gasteiger partial charge in [0.15, 0.2) is 5.82 Å². The number of halogens is 1. The van der Waals surface area contributed by atoms with Gasteiger partial charge in [-0.15, -0.1) is 0 Å². The Balaban J connectivity index is 1.86. The number of methoxy groups -OCH3 is 1. The fourth-order valence-corrected chi connectivity index (χ4v) is 4.40. The van der Waals surface area contributed by atoms with Crippen LogP contribution in [0.25, 0.3) is 11.4 Å². The molecule has 0 unspecified atom stereocenters. The Morgan fingerprint density at radius 1 is 1.27 bits per heavy atom. The van der Waals surface area contributed by atoms with Crippen LogP contribution in [0.5, 0.6) is 5.75 Å². The molecule has 30 heavy (non-hydrogen) atoms. The van der Waals surface area contributed by atoms with E-state index >= 15 is 0 Å². The summed E-state index contributed by atoms with van der Waals surface area (Å²) in [6.07, 6.45) is 1.44.